The molecular weight excluding hydrogens is 772 g/mol. The minimum Gasteiger partial charge on any atom is -0.509 e. The van der Waals surface area contributed by atoms with Crippen LogP contribution in [0.15, 0.2) is 103 Å². The number of allylic oxidation sites excluding steroid dienone is 1. The fraction of sp³-hybridized carbons (Fsp3) is 0.238. The van der Waals surface area contributed by atoms with Crippen LogP contribution in [0.3, 0.4) is 0 Å². The van der Waals surface area contributed by atoms with Gasteiger partial charge in [0, 0.05) is 61.1 Å². The van der Waals surface area contributed by atoms with E-state index in [4.69, 9.17) is 9.72 Å². The molecule has 0 bridgehead atoms. The van der Waals surface area contributed by atoms with Gasteiger partial charge in [0.1, 0.15) is 5.82 Å². The quantitative estimate of drug-likeness (QED) is 0.162. The first kappa shape index (κ1) is 33.6. The standard InChI is InChI=1S/C42H41N4O.Pt/c1-28-13-11-18-36(29(28)2)45-27-44(26-39(45)42(6,7)8)31-14-12-15-32(24-31)47-33-19-20-35-34-16-9-10-17-37(34)46(38(35)25-33)40-23-30(21-22-43-40)41(3,4)5;/h9-23,26-27H,1-8H3;/q-3;. The molecule has 0 aliphatic carbocycles. The zero-order chi connectivity index (χ0) is 33.1. The molecule has 248 valence electrons. The van der Waals surface area contributed by atoms with Gasteiger partial charge in [-0.15, -0.1) is 48.1 Å². The van der Waals surface area contributed by atoms with Crippen LogP contribution in [0, 0.1) is 38.1 Å². The van der Waals surface area contributed by atoms with E-state index in [1.807, 2.05) is 24.4 Å². The number of aryl methyl sites for hydroxylation is 1. The molecule has 2 aromatic heterocycles. The van der Waals surface area contributed by atoms with Crippen molar-refractivity contribution in [3.8, 4) is 17.3 Å². The van der Waals surface area contributed by atoms with Crippen LogP contribution < -0.4 is 14.5 Å². The number of aromatic nitrogens is 2. The second kappa shape index (κ2) is 12.6. The first-order valence-corrected chi connectivity index (χ1v) is 16.2. The first-order valence-electron chi connectivity index (χ1n) is 16.2. The van der Waals surface area contributed by atoms with Gasteiger partial charge in [-0.3, -0.25) is 0 Å². The molecule has 0 saturated heterocycles. The first-order chi connectivity index (χ1) is 22.4. The second-order valence-corrected chi connectivity index (χ2v) is 14.5. The Hall–Kier alpha value is -4.34. The third kappa shape index (κ3) is 6.17. The normalized spacial score (nSPS) is 13.6. The summed E-state index contributed by atoms with van der Waals surface area (Å²) in [6.45, 7) is 19.9. The molecule has 0 saturated carbocycles. The van der Waals surface area contributed by atoms with Gasteiger partial charge in [-0.2, -0.15) is 12.1 Å². The molecule has 3 heterocycles. The molecule has 0 fully saturated rings. The zero-order valence-corrected chi connectivity index (χ0v) is 31.1. The van der Waals surface area contributed by atoms with E-state index in [-0.39, 0.29) is 31.9 Å². The Bertz CT molecular complexity index is 2170. The van der Waals surface area contributed by atoms with E-state index in [1.54, 1.807) is 0 Å². The summed E-state index contributed by atoms with van der Waals surface area (Å²) in [5.74, 6) is 2.11. The van der Waals surface area contributed by atoms with Gasteiger partial charge in [0.25, 0.3) is 0 Å². The third-order valence-electron chi connectivity index (χ3n) is 9.01. The number of rotatable bonds is 5. The molecule has 1 aliphatic rings. The van der Waals surface area contributed by atoms with Crippen LogP contribution in [0.5, 0.6) is 11.5 Å². The summed E-state index contributed by atoms with van der Waals surface area (Å²) < 4.78 is 8.66. The minimum atomic E-state index is -0.0698. The molecule has 5 nitrogen and oxygen atoms in total. The van der Waals surface area contributed by atoms with Gasteiger partial charge in [0.2, 0.25) is 0 Å². The van der Waals surface area contributed by atoms with E-state index >= 15 is 0 Å². The maximum absolute atomic E-state index is 6.47. The van der Waals surface area contributed by atoms with Gasteiger partial charge in [0.15, 0.2) is 0 Å². The largest absolute Gasteiger partial charge is 0.509 e. The molecular formula is C42H41N4OPt-3. The SMILES string of the molecule is Cc1cccc(N2[CH-]N(c3[c-]c(Oc4[c-]c5c(cc4)c4ccccc4n5-c4cc(C(C)(C)C)ccn4)ccc3)C=C2C(C)(C)C)c1C.[Pt]. The number of benzene rings is 4. The molecule has 0 N–H and O–H groups in total. The number of ether oxygens (including phenoxy) is 1. The average molecular weight is 813 g/mol. The zero-order valence-electron chi connectivity index (χ0n) is 28.8. The topological polar surface area (TPSA) is 33.5 Å². The molecule has 0 radical (unpaired) electrons. The molecule has 0 spiro atoms. The molecule has 0 amide bonds. The molecule has 0 unspecified atom stereocenters. The van der Waals surface area contributed by atoms with Crippen LogP contribution in [-0.4, -0.2) is 9.55 Å². The summed E-state index contributed by atoms with van der Waals surface area (Å²) in [4.78, 5) is 9.24. The Balaban J connectivity index is 0.00000401. The van der Waals surface area contributed by atoms with Crippen LogP contribution in [0.4, 0.5) is 11.4 Å². The number of para-hydroxylation sites is 1. The van der Waals surface area contributed by atoms with Crippen molar-refractivity contribution in [2.45, 2.75) is 60.8 Å². The molecule has 4 aromatic carbocycles. The summed E-state index contributed by atoms with van der Waals surface area (Å²) in [6.07, 6.45) is 4.10. The average Bonchev–Trinajstić information content (AvgIpc) is 3.63. The van der Waals surface area contributed by atoms with Crippen molar-refractivity contribution < 1.29 is 25.8 Å². The number of hydrogen-bond donors (Lipinski definition) is 0. The molecule has 0 atom stereocenters. The number of anilines is 2. The van der Waals surface area contributed by atoms with E-state index in [2.05, 4.69) is 161 Å². The Morgan fingerprint density at radius 3 is 2.27 bits per heavy atom. The Morgan fingerprint density at radius 2 is 1.50 bits per heavy atom. The van der Waals surface area contributed by atoms with Gasteiger partial charge in [-0.05, 0) is 71.8 Å². The van der Waals surface area contributed by atoms with Crippen molar-refractivity contribution in [1.29, 1.82) is 0 Å². The van der Waals surface area contributed by atoms with E-state index in [9.17, 15) is 0 Å². The molecule has 7 rings (SSSR count). The Kier molecular flexibility index (Phi) is 8.81. The summed E-state index contributed by atoms with van der Waals surface area (Å²) >= 11 is 0. The van der Waals surface area contributed by atoms with E-state index < -0.39 is 0 Å². The maximum Gasteiger partial charge on any atom is 0.135 e. The Labute approximate surface area is 299 Å². The molecule has 48 heavy (non-hydrogen) atoms. The van der Waals surface area contributed by atoms with Gasteiger partial charge in [0.05, 0.1) is 0 Å². The number of nitrogens with zero attached hydrogens (tertiary/aromatic N) is 4. The van der Waals surface area contributed by atoms with E-state index in [0.717, 1.165) is 33.3 Å². The number of fused-ring (bicyclic) bond motifs is 3. The van der Waals surface area contributed by atoms with Crippen molar-refractivity contribution in [2.75, 3.05) is 9.80 Å². The summed E-state index contributed by atoms with van der Waals surface area (Å²) in [5, 5.41) is 2.26. The van der Waals surface area contributed by atoms with Gasteiger partial charge in [-0.1, -0.05) is 77.4 Å². The fourth-order valence-corrected chi connectivity index (χ4v) is 6.23. The van der Waals surface area contributed by atoms with Crippen molar-refractivity contribution in [1.82, 2.24) is 9.55 Å². The Morgan fingerprint density at radius 1 is 0.750 bits per heavy atom. The molecule has 1 aliphatic heterocycles. The van der Waals surface area contributed by atoms with Crippen molar-refractivity contribution >= 4 is 33.2 Å². The van der Waals surface area contributed by atoms with Crippen LogP contribution >= 0.6 is 0 Å². The maximum atomic E-state index is 6.47. The van der Waals surface area contributed by atoms with Crippen molar-refractivity contribution in [3.05, 3.63) is 139 Å². The van der Waals surface area contributed by atoms with Crippen LogP contribution in [-0.2, 0) is 26.5 Å². The summed E-state index contributed by atoms with van der Waals surface area (Å²) in [7, 11) is 0. The molecule has 6 heteroatoms. The predicted molar refractivity (Wildman–Crippen MR) is 194 cm³/mol. The second-order valence-electron chi connectivity index (χ2n) is 14.5. The van der Waals surface area contributed by atoms with Crippen molar-refractivity contribution in [3.63, 3.8) is 0 Å². The summed E-state index contributed by atoms with van der Waals surface area (Å²) in [6, 6.07) is 36.4. The number of hydrogen-bond acceptors (Lipinski definition) is 4. The molecule has 6 aromatic rings. The third-order valence-corrected chi connectivity index (χ3v) is 9.01. The van der Waals surface area contributed by atoms with Gasteiger partial charge >= 0.3 is 0 Å². The van der Waals surface area contributed by atoms with Crippen molar-refractivity contribution in [2.24, 2.45) is 5.41 Å². The van der Waals surface area contributed by atoms with Crippen LogP contribution in [0.25, 0.3) is 27.6 Å². The monoisotopic (exact) mass is 812 g/mol. The van der Waals surface area contributed by atoms with Gasteiger partial charge < -0.3 is 19.1 Å². The predicted octanol–water partition coefficient (Wildman–Crippen LogP) is 10.8. The van der Waals surface area contributed by atoms with Crippen LogP contribution in [0.1, 0.15) is 58.2 Å². The van der Waals surface area contributed by atoms with E-state index in [0.29, 0.717) is 11.5 Å². The van der Waals surface area contributed by atoms with Gasteiger partial charge in [-0.25, -0.2) is 4.98 Å². The number of pyridine rings is 1. The summed E-state index contributed by atoms with van der Waals surface area (Å²) in [5.41, 5.74) is 9.00. The van der Waals surface area contributed by atoms with E-state index in [1.165, 1.54) is 28.1 Å². The van der Waals surface area contributed by atoms with Crippen LogP contribution in [0.2, 0.25) is 0 Å². The fourth-order valence-electron chi connectivity index (χ4n) is 6.23. The smallest absolute Gasteiger partial charge is 0.135 e. The minimum absolute atomic E-state index is 0.